The van der Waals surface area contributed by atoms with E-state index < -0.39 is 0 Å². The molecule has 0 aromatic heterocycles. The van der Waals surface area contributed by atoms with Crippen molar-refractivity contribution < 1.29 is 14.3 Å². The lowest BCUT2D eigenvalue weighted by Crippen LogP contribution is -2.47. The number of likely N-dealkylation sites (N-methyl/N-ethyl adjacent to an activating group) is 1. The van der Waals surface area contributed by atoms with Crippen LogP contribution >= 0.6 is 0 Å². The molecule has 140 valence electrons. The molecule has 0 unspecified atom stereocenters. The molecule has 0 spiro atoms. The summed E-state index contributed by atoms with van der Waals surface area (Å²) in [6.07, 6.45) is 0.517. The number of methoxy groups -OCH3 is 2. The highest BCUT2D eigenvalue weighted by Crippen LogP contribution is 2.29. The van der Waals surface area contributed by atoms with Crippen LogP contribution in [0.1, 0.15) is 31.9 Å². The fourth-order valence-electron chi connectivity index (χ4n) is 3.16. The molecule has 25 heavy (non-hydrogen) atoms. The zero-order valence-electron chi connectivity index (χ0n) is 15.9. The predicted octanol–water partition coefficient (Wildman–Crippen LogP) is 1.91. The smallest absolute Gasteiger partial charge is 0.221 e. The average Bonchev–Trinajstić information content (AvgIpc) is 2.66. The molecule has 1 aliphatic rings. The standard InChI is InChI=1S/C19H31N3O3/c1-5-21-10-12-22(13-11-21)9-8-19(23)20-15(2)17-14-16(24-3)6-7-18(17)25-4/h6-7,14-15H,5,8-13H2,1-4H3,(H,20,23)/t15-/m1/s1. The summed E-state index contributed by atoms with van der Waals surface area (Å²) in [4.78, 5) is 17.1. The Morgan fingerprint density at radius 1 is 1.16 bits per heavy atom. The number of rotatable bonds is 8. The lowest BCUT2D eigenvalue weighted by Gasteiger charge is -2.33. The molecule has 1 aliphatic heterocycles. The van der Waals surface area contributed by atoms with Crippen molar-refractivity contribution in [3.63, 3.8) is 0 Å². The maximum Gasteiger partial charge on any atom is 0.221 e. The zero-order chi connectivity index (χ0) is 18.2. The van der Waals surface area contributed by atoms with Crippen molar-refractivity contribution in [2.24, 2.45) is 0 Å². The lowest BCUT2D eigenvalue weighted by atomic mass is 10.1. The van der Waals surface area contributed by atoms with Gasteiger partial charge in [-0.2, -0.15) is 0 Å². The van der Waals surface area contributed by atoms with Gasteiger partial charge in [0, 0.05) is 44.7 Å². The minimum atomic E-state index is -0.130. The van der Waals surface area contributed by atoms with Crippen LogP contribution in [-0.4, -0.2) is 69.2 Å². The van der Waals surface area contributed by atoms with Crippen LogP contribution in [0.3, 0.4) is 0 Å². The maximum absolute atomic E-state index is 12.3. The Hall–Kier alpha value is -1.79. The molecule has 0 radical (unpaired) electrons. The minimum Gasteiger partial charge on any atom is -0.497 e. The molecule has 1 atom stereocenters. The van der Waals surface area contributed by atoms with Crippen LogP contribution in [0.5, 0.6) is 11.5 Å². The van der Waals surface area contributed by atoms with E-state index in [1.165, 1.54) is 0 Å². The van der Waals surface area contributed by atoms with E-state index in [9.17, 15) is 4.79 Å². The number of amides is 1. The molecular formula is C19H31N3O3. The molecule has 0 aliphatic carbocycles. The van der Waals surface area contributed by atoms with Crippen molar-refractivity contribution in [1.82, 2.24) is 15.1 Å². The van der Waals surface area contributed by atoms with Gasteiger partial charge in [-0.25, -0.2) is 0 Å². The fraction of sp³-hybridized carbons (Fsp3) is 0.632. The third-order valence-electron chi connectivity index (χ3n) is 4.85. The first kappa shape index (κ1) is 19.5. The van der Waals surface area contributed by atoms with Gasteiger partial charge in [0.15, 0.2) is 0 Å². The van der Waals surface area contributed by atoms with Crippen molar-refractivity contribution >= 4 is 5.91 Å². The summed E-state index contributed by atoms with van der Waals surface area (Å²) >= 11 is 0. The summed E-state index contributed by atoms with van der Waals surface area (Å²) in [5.74, 6) is 1.57. The predicted molar refractivity (Wildman–Crippen MR) is 99.3 cm³/mol. The fourth-order valence-corrected chi connectivity index (χ4v) is 3.16. The van der Waals surface area contributed by atoms with E-state index >= 15 is 0 Å². The molecule has 1 saturated heterocycles. The van der Waals surface area contributed by atoms with Crippen molar-refractivity contribution in [2.45, 2.75) is 26.3 Å². The average molecular weight is 349 g/mol. The van der Waals surface area contributed by atoms with Crippen molar-refractivity contribution in [3.8, 4) is 11.5 Å². The van der Waals surface area contributed by atoms with Crippen molar-refractivity contribution in [1.29, 1.82) is 0 Å². The van der Waals surface area contributed by atoms with Gasteiger partial charge in [0.05, 0.1) is 20.3 Å². The molecule has 6 nitrogen and oxygen atoms in total. The third kappa shape index (κ3) is 5.61. The third-order valence-corrected chi connectivity index (χ3v) is 4.85. The second kappa shape index (κ2) is 9.63. The number of hydrogen-bond acceptors (Lipinski definition) is 5. The largest absolute Gasteiger partial charge is 0.497 e. The van der Waals surface area contributed by atoms with E-state index in [-0.39, 0.29) is 11.9 Å². The second-order valence-electron chi connectivity index (χ2n) is 6.42. The summed E-state index contributed by atoms with van der Waals surface area (Å²) in [6, 6.07) is 5.50. The van der Waals surface area contributed by atoms with Gasteiger partial charge in [-0.3, -0.25) is 4.79 Å². The van der Waals surface area contributed by atoms with Crippen LogP contribution in [0, 0.1) is 0 Å². The molecule has 1 heterocycles. The Labute approximate surface area is 151 Å². The SMILES string of the molecule is CCN1CCN(CCC(=O)N[C@H](C)c2cc(OC)ccc2OC)CC1. The molecule has 1 aromatic carbocycles. The van der Waals surface area contributed by atoms with E-state index in [2.05, 4.69) is 22.0 Å². The Morgan fingerprint density at radius 2 is 1.84 bits per heavy atom. The van der Waals surface area contributed by atoms with Gasteiger partial charge in [-0.05, 0) is 31.7 Å². The first-order valence-corrected chi connectivity index (χ1v) is 9.03. The Bertz CT molecular complexity index is 557. The highest BCUT2D eigenvalue weighted by molar-refractivity contribution is 5.76. The Morgan fingerprint density at radius 3 is 2.44 bits per heavy atom. The van der Waals surface area contributed by atoms with Crippen LogP contribution < -0.4 is 14.8 Å². The summed E-state index contributed by atoms with van der Waals surface area (Å²) in [7, 11) is 3.27. The molecule has 2 rings (SSSR count). The maximum atomic E-state index is 12.3. The molecular weight excluding hydrogens is 318 g/mol. The van der Waals surface area contributed by atoms with E-state index in [1.54, 1.807) is 14.2 Å². The Kier molecular flexibility index (Phi) is 7.52. The number of piperazine rings is 1. The molecule has 0 saturated carbocycles. The van der Waals surface area contributed by atoms with Gasteiger partial charge in [0.25, 0.3) is 0 Å². The monoisotopic (exact) mass is 349 g/mol. The van der Waals surface area contributed by atoms with Gasteiger partial charge < -0.3 is 24.6 Å². The summed E-state index contributed by atoms with van der Waals surface area (Å²) in [6.45, 7) is 10.3. The normalized spacial score (nSPS) is 17.1. The van der Waals surface area contributed by atoms with Gasteiger partial charge in [-0.1, -0.05) is 6.92 Å². The van der Waals surface area contributed by atoms with E-state index in [0.717, 1.165) is 56.3 Å². The first-order chi connectivity index (χ1) is 12.1. The zero-order valence-corrected chi connectivity index (χ0v) is 15.9. The van der Waals surface area contributed by atoms with Crippen LogP contribution in [-0.2, 0) is 4.79 Å². The number of nitrogens with zero attached hydrogens (tertiary/aromatic N) is 2. The number of carbonyl (C=O) groups is 1. The molecule has 1 N–H and O–H groups in total. The molecule has 1 fully saturated rings. The van der Waals surface area contributed by atoms with Gasteiger partial charge in [0.1, 0.15) is 11.5 Å². The molecule has 1 amide bonds. The summed E-state index contributed by atoms with van der Waals surface area (Å²) in [5, 5.41) is 3.07. The number of hydrogen-bond donors (Lipinski definition) is 1. The summed E-state index contributed by atoms with van der Waals surface area (Å²) < 4.78 is 10.7. The number of nitrogens with one attached hydrogen (secondary N) is 1. The highest BCUT2D eigenvalue weighted by Gasteiger charge is 2.18. The highest BCUT2D eigenvalue weighted by atomic mass is 16.5. The van der Waals surface area contributed by atoms with E-state index in [4.69, 9.17) is 9.47 Å². The topological polar surface area (TPSA) is 54.0 Å². The lowest BCUT2D eigenvalue weighted by molar-refractivity contribution is -0.122. The molecule has 6 heteroatoms. The summed E-state index contributed by atoms with van der Waals surface area (Å²) in [5.41, 5.74) is 0.923. The van der Waals surface area contributed by atoms with Crippen LogP contribution in [0.25, 0.3) is 0 Å². The number of ether oxygens (including phenoxy) is 2. The minimum absolute atomic E-state index is 0.0651. The second-order valence-corrected chi connectivity index (χ2v) is 6.42. The van der Waals surface area contributed by atoms with E-state index in [0.29, 0.717) is 6.42 Å². The van der Waals surface area contributed by atoms with Crippen molar-refractivity contribution in [3.05, 3.63) is 23.8 Å². The quantitative estimate of drug-likeness (QED) is 0.777. The number of benzene rings is 1. The van der Waals surface area contributed by atoms with Gasteiger partial charge in [0.2, 0.25) is 5.91 Å². The molecule has 0 bridgehead atoms. The first-order valence-electron chi connectivity index (χ1n) is 9.03. The van der Waals surface area contributed by atoms with Crippen molar-refractivity contribution in [2.75, 3.05) is 53.5 Å². The van der Waals surface area contributed by atoms with Crippen LogP contribution in [0.15, 0.2) is 18.2 Å². The van der Waals surface area contributed by atoms with Crippen LogP contribution in [0.4, 0.5) is 0 Å². The van der Waals surface area contributed by atoms with Gasteiger partial charge >= 0.3 is 0 Å². The Balaban J connectivity index is 1.84. The van der Waals surface area contributed by atoms with E-state index in [1.807, 2.05) is 25.1 Å². The molecule has 1 aromatic rings. The van der Waals surface area contributed by atoms with Crippen LogP contribution in [0.2, 0.25) is 0 Å². The van der Waals surface area contributed by atoms with Gasteiger partial charge in [-0.15, -0.1) is 0 Å². The number of carbonyl (C=O) groups excluding carboxylic acids is 1.